The van der Waals surface area contributed by atoms with Gasteiger partial charge in [0.1, 0.15) is 0 Å². The van der Waals surface area contributed by atoms with E-state index >= 15 is 0 Å². The van der Waals surface area contributed by atoms with Gasteiger partial charge in [-0.05, 0) is 13.8 Å². The van der Waals surface area contributed by atoms with Crippen LogP contribution in [-0.4, -0.2) is 11.2 Å². The van der Waals surface area contributed by atoms with Gasteiger partial charge in [0.15, 0.2) is 0 Å². The number of hydrogen-bond donors (Lipinski definition) is 1. The van der Waals surface area contributed by atoms with Crippen molar-refractivity contribution in [2.24, 2.45) is 0 Å². The van der Waals surface area contributed by atoms with E-state index in [-0.39, 0.29) is 6.10 Å². The molecule has 0 atom stereocenters. The SMILES string of the molecule is CC(C)O.CCCCC. The van der Waals surface area contributed by atoms with Crippen molar-refractivity contribution < 1.29 is 5.11 Å². The molecule has 1 N–H and O–H groups in total. The van der Waals surface area contributed by atoms with Crippen molar-refractivity contribution in [2.45, 2.75) is 53.1 Å². The maximum absolute atomic E-state index is 8.06. The quantitative estimate of drug-likeness (QED) is 0.612. The molecule has 0 aromatic heterocycles. The van der Waals surface area contributed by atoms with Crippen LogP contribution >= 0.6 is 0 Å². The standard InChI is InChI=1S/C5H12.C3H8O/c1-3-5-4-2;1-3(2)4/h3-5H2,1-2H3;3-4H,1-2H3. The molecule has 0 bridgehead atoms. The summed E-state index contributed by atoms with van der Waals surface area (Å²) in [4.78, 5) is 0. The summed E-state index contributed by atoms with van der Waals surface area (Å²) >= 11 is 0. The van der Waals surface area contributed by atoms with Crippen molar-refractivity contribution in [2.75, 3.05) is 0 Å². The molecule has 0 fully saturated rings. The molecule has 0 saturated carbocycles. The van der Waals surface area contributed by atoms with Gasteiger partial charge in [-0.3, -0.25) is 0 Å². The second kappa shape index (κ2) is 10.9. The van der Waals surface area contributed by atoms with Gasteiger partial charge < -0.3 is 5.11 Å². The topological polar surface area (TPSA) is 20.2 Å². The van der Waals surface area contributed by atoms with E-state index in [0.717, 1.165) is 0 Å². The minimum absolute atomic E-state index is 0.167. The molecule has 0 spiro atoms. The summed E-state index contributed by atoms with van der Waals surface area (Å²) in [6, 6.07) is 0. The van der Waals surface area contributed by atoms with Crippen LogP contribution in [0.4, 0.5) is 0 Å². The van der Waals surface area contributed by atoms with Crippen LogP contribution in [0.3, 0.4) is 0 Å². The van der Waals surface area contributed by atoms with Gasteiger partial charge in [0.05, 0.1) is 0 Å². The lowest BCUT2D eigenvalue weighted by Gasteiger charge is -1.80. The Morgan fingerprint density at radius 2 is 1.33 bits per heavy atom. The smallest absolute Gasteiger partial charge is 0.0483 e. The molecular formula is C8H20O. The monoisotopic (exact) mass is 132 g/mol. The first-order valence-corrected chi connectivity index (χ1v) is 3.83. The molecular weight excluding hydrogens is 112 g/mol. The summed E-state index contributed by atoms with van der Waals surface area (Å²) in [5.74, 6) is 0. The Hall–Kier alpha value is -0.0400. The molecule has 1 heteroatoms. The van der Waals surface area contributed by atoms with Gasteiger partial charge in [0.25, 0.3) is 0 Å². The summed E-state index contributed by atoms with van der Waals surface area (Å²) < 4.78 is 0. The van der Waals surface area contributed by atoms with Crippen LogP contribution in [0.15, 0.2) is 0 Å². The highest BCUT2D eigenvalue weighted by atomic mass is 16.3. The van der Waals surface area contributed by atoms with E-state index in [1.54, 1.807) is 13.8 Å². The zero-order valence-electron chi connectivity index (χ0n) is 7.15. The molecule has 0 heterocycles. The summed E-state index contributed by atoms with van der Waals surface area (Å²) in [6.07, 6.45) is 3.91. The summed E-state index contributed by atoms with van der Waals surface area (Å²) in [5.41, 5.74) is 0. The second-order valence-electron chi connectivity index (χ2n) is 2.45. The molecule has 0 amide bonds. The van der Waals surface area contributed by atoms with Crippen molar-refractivity contribution in [3.05, 3.63) is 0 Å². The molecule has 9 heavy (non-hydrogen) atoms. The minimum Gasteiger partial charge on any atom is -0.394 e. The summed E-state index contributed by atoms with van der Waals surface area (Å²) in [5, 5.41) is 8.06. The van der Waals surface area contributed by atoms with Crippen LogP contribution in [0, 0.1) is 0 Å². The average molecular weight is 132 g/mol. The van der Waals surface area contributed by atoms with Crippen molar-refractivity contribution in [3.63, 3.8) is 0 Å². The predicted octanol–water partition coefficient (Wildman–Crippen LogP) is 2.58. The zero-order valence-corrected chi connectivity index (χ0v) is 7.15. The van der Waals surface area contributed by atoms with Crippen LogP contribution in [0.1, 0.15) is 47.0 Å². The van der Waals surface area contributed by atoms with Crippen LogP contribution < -0.4 is 0 Å². The minimum atomic E-state index is -0.167. The molecule has 0 aromatic carbocycles. The van der Waals surface area contributed by atoms with Crippen molar-refractivity contribution in [1.29, 1.82) is 0 Å². The van der Waals surface area contributed by atoms with E-state index in [0.29, 0.717) is 0 Å². The maximum atomic E-state index is 8.06. The van der Waals surface area contributed by atoms with Gasteiger partial charge in [-0.2, -0.15) is 0 Å². The zero-order chi connectivity index (χ0) is 7.70. The lowest BCUT2D eigenvalue weighted by atomic mass is 10.3. The third-order valence-corrected chi connectivity index (χ3v) is 0.707. The lowest BCUT2D eigenvalue weighted by molar-refractivity contribution is 0.216. The maximum Gasteiger partial charge on any atom is 0.0483 e. The van der Waals surface area contributed by atoms with Gasteiger partial charge in [-0.15, -0.1) is 0 Å². The Morgan fingerprint density at radius 1 is 1.11 bits per heavy atom. The number of aliphatic hydroxyl groups is 1. The fourth-order valence-corrected chi connectivity index (χ4v) is 0.354. The Morgan fingerprint density at radius 3 is 1.33 bits per heavy atom. The third-order valence-electron chi connectivity index (χ3n) is 0.707. The summed E-state index contributed by atoms with van der Waals surface area (Å²) in [6.45, 7) is 7.87. The van der Waals surface area contributed by atoms with E-state index in [9.17, 15) is 0 Å². The van der Waals surface area contributed by atoms with Crippen molar-refractivity contribution in [3.8, 4) is 0 Å². The van der Waals surface area contributed by atoms with Crippen LogP contribution in [0.5, 0.6) is 0 Å². The molecule has 0 aliphatic rings. The van der Waals surface area contributed by atoms with Gasteiger partial charge in [-0.25, -0.2) is 0 Å². The number of rotatable bonds is 2. The van der Waals surface area contributed by atoms with Crippen LogP contribution in [-0.2, 0) is 0 Å². The van der Waals surface area contributed by atoms with E-state index in [1.165, 1.54) is 19.3 Å². The van der Waals surface area contributed by atoms with E-state index < -0.39 is 0 Å². The van der Waals surface area contributed by atoms with E-state index in [1.807, 2.05) is 0 Å². The van der Waals surface area contributed by atoms with Crippen molar-refractivity contribution >= 4 is 0 Å². The molecule has 1 nitrogen and oxygen atoms in total. The van der Waals surface area contributed by atoms with Crippen molar-refractivity contribution in [1.82, 2.24) is 0 Å². The second-order valence-corrected chi connectivity index (χ2v) is 2.45. The van der Waals surface area contributed by atoms with Gasteiger partial charge in [-0.1, -0.05) is 33.1 Å². The molecule has 0 saturated heterocycles. The first-order chi connectivity index (χ1) is 4.15. The lowest BCUT2D eigenvalue weighted by Crippen LogP contribution is -1.85. The Balaban J connectivity index is 0. The molecule has 0 aliphatic heterocycles. The highest BCUT2D eigenvalue weighted by Gasteiger charge is 1.69. The largest absolute Gasteiger partial charge is 0.394 e. The molecule has 0 aliphatic carbocycles. The highest BCUT2D eigenvalue weighted by Crippen LogP contribution is 1.88. The Labute approximate surface area is 59.1 Å². The highest BCUT2D eigenvalue weighted by molar-refractivity contribution is 4.24. The van der Waals surface area contributed by atoms with Crippen LogP contribution in [0.25, 0.3) is 0 Å². The fourth-order valence-electron chi connectivity index (χ4n) is 0.354. The number of aliphatic hydroxyl groups excluding tert-OH is 1. The van der Waals surface area contributed by atoms with Gasteiger partial charge >= 0.3 is 0 Å². The first-order valence-electron chi connectivity index (χ1n) is 3.83. The molecule has 58 valence electrons. The van der Waals surface area contributed by atoms with E-state index in [4.69, 9.17) is 5.11 Å². The molecule has 0 radical (unpaired) electrons. The third kappa shape index (κ3) is 73.6. The number of hydrogen-bond acceptors (Lipinski definition) is 1. The van der Waals surface area contributed by atoms with Gasteiger partial charge in [0, 0.05) is 6.10 Å². The fraction of sp³-hybridized carbons (Fsp3) is 1.00. The Kier molecular flexibility index (Phi) is 14.1. The first kappa shape index (κ1) is 11.7. The predicted molar refractivity (Wildman–Crippen MR) is 42.6 cm³/mol. The summed E-state index contributed by atoms with van der Waals surface area (Å²) in [7, 11) is 0. The molecule has 0 aromatic rings. The average Bonchev–Trinajstić information content (AvgIpc) is 1.66. The number of unbranched alkanes of at least 4 members (excludes halogenated alkanes) is 2. The molecule has 0 unspecified atom stereocenters. The van der Waals surface area contributed by atoms with Crippen LogP contribution in [0.2, 0.25) is 0 Å². The van der Waals surface area contributed by atoms with Gasteiger partial charge in [0.2, 0.25) is 0 Å². The normalized spacial score (nSPS) is 8.67. The molecule has 0 rings (SSSR count). The van der Waals surface area contributed by atoms with E-state index in [2.05, 4.69) is 13.8 Å². The Bertz CT molecular complexity index is 28.8.